The fraction of sp³-hybridized carbons (Fsp3) is 0.381. The molecule has 0 aromatic heterocycles. The van der Waals surface area contributed by atoms with Gasteiger partial charge in [-0.3, -0.25) is 4.79 Å². The number of amides is 1. The van der Waals surface area contributed by atoms with E-state index >= 15 is 0 Å². The quantitative estimate of drug-likeness (QED) is 0.614. The average Bonchev–Trinajstić information content (AvgIpc) is 2.64. The summed E-state index contributed by atoms with van der Waals surface area (Å²) in [5, 5.41) is 2.92. The number of unbranched alkanes of at least 4 members (excludes halogenated alkanes) is 1. The first-order valence-electron chi connectivity index (χ1n) is 9.12. The van der Waals surface area contributed by atoms with Crippen LogP contribution in [0.4, 0.5) is 5.69 Å². The Hall–Kier alpha value is -2.69. The van der Waals surface area contributed by atoms with Gasteiger partial charge in [-0.25, -0.2) is 0 Å². The van der Waals surface area contributed by atoms with E-state index < -0.39 is 0 Å². The van der Waals surface area contributed by atoms with E-state index in [2.05, 4.69) is 12.2 Å². The van der Waals surface area contributed by atoms with Crippen LogP contribution in [0, 0.1) is 0 Å². The van der Waals surface area contributed by atoms with Crippen LogP contribution >= 0.6 is 0 Å². The minimum atomic E-state index is -0.247. The van der Waals surface area contributed by atoms with Gasteiger partial charge in [0.05, 0.1) is 31.1 Å². The first-order chi connectivity index (χ1) is 12.7. The molecule has 5 nitrogen and oxygen atoms in total. The van der Waals surface area contributed by atoms with E-state index in [-0.39, 0.29) is 5.91 Å². The molecule has 26 heavy (non-hydrogen) atoms. The van der Waals surface area contributed by atoms with E-state index in [0.717, 1.165) is 12.8 Å². The van der Waals surface area contributed by atoms with Gasteiger partial charge in [-0.1, -0.05) is 25.5 Å². The van der Waals surface area contributed by atoms with Gasteiger partial charge < -0.3 is 19.5 Å². The van der Waals surface area contributed by atoms with Crippen LogP contribution in [0.1, 0.15) is 44.0 Å². The first-order valence-corrected chi connectivity index (χ1v) is 9.12. The number of carbonyl (C=O) groups is 1. The number of para-hydroxylation sites is 2. The fourth-order valence-electron chi connectivity index (χ4n) is 2.43. The molecule has 2 rings (SSSR count). The van der Waals surface area contributed by atoms with Crippen molar-refractivity contribution in [2.45, 2.75) is 33.6 Å². The normalized spacial score (nSPS) is 10.3. The summed E-state index contributed by atoms with van der Waals surface area (Å²) >= 11 is 0. The molecule has 1 amide bonds. The predicted octanol–water partition coefficient (Wildman–Crippen LogP) is 4.92. The predicted molar refractivity (Wildman–Crippen MR) is 104 cm³/mol. The maximum atomic E-state index is 12.8. The standard InChI is InChI=1S/C21H27NO4/c1-4-7-14-26-19-11-9-8-10-18(19)22-21(23)17-13-12-16(24-5-2)15-20(17)25-6-3/h8-13,15H,4-7,14H2,1-3H3,(H,22,23). The lowest BCUT2D eigenvalue weighted by molar-refractivity contribution is 0.102. The van der Waals surface area contributed by atoms with Gasteiger partial charge in [-0.15, -0.1) is 0 Å². The number of rotatable bonds is 10. The van der Waals surface area contributed by atoms with Gasteiger partial charge in [0, 0.05) is 6.07 Å². The largest absolute Gasteiger partial charge is 0.494 e. The van der Waals surface area contributed by atoms with Crippen molar-refractivity contribution < 1.29 is 19.0 Å². The van der Waals surface area contributed by atoms with E-state index in [1.165, 1.54) is 0 Å². The van der Waals surface area contributed by atoms with Gasteiger partial charge in [0.15, 0.2) is 0 Å². The van der Waals surface area contributed by atoms with E-state index in [4.69, 9.17) is 14.2 Å². The molecule has 0 spiro atoms. The zero-order valence-corrected chi connectivity index (χ0v) is 15.7. The fourth-order valence-corrected chi connectivity index (χ4v) is 2.43. The number of hydrogen-bond donors (Lipinski definition) is 1. The van der Waals surface area contributed by atoms with E-state index in [1.807, 2.05) is 38.1 Å². The summed E-state index contributed by atoms with van der Waals surface area (Å²) in [7, 11) is 0. The molecule has 0 saturated heterocycles. The SMILES string of the molecule is CCCCOc1ccccc1NC(=O)c1ccc(OCC)cc1OCC. The molecule has 0 radical (unpaired) electrons. The monoisotopic (exact) mass is 357 g/mol. The van der Waals surface area contributed by atoms with E-state index in [0.29, 0.717) is 48.3 Å². The van der Waals surface area contributed by atoms with Crippen LogP contribution in [0.2, 0.25) is 0 Å². The minimum Gasteiger partial charge on any atom is -0.494 e. The molecule has 0 aliphatic rings. The lowest BCUT2D eigenvalue weighted by atomic mass is 10.1. The second-order valence-electron chi connectivity index (χ2n) is 5.68. The Kier molecular flexibility index (Phi) is 7.80. The van der Waals surface area contributed by atoms with Gasteiger partial charge >= 0.3 is 0 Å². The Bertz CT molecular complexity index is 715. The van der Waals surface area contributed by atoms with Crippen molar-refractivity contribution in [3.63, 3.8) is 0 Å². The van der Waals surface area contributed by atoms with Gasteiger partial charge in [0.1, 0.15) is 17.2 Å². The molecule has 0 aliphatic carbocycles. The summed E-state index contributed by atoms with van der Waals surface area (Å²) in [6, 6.07) is 12.7. The number of hydrogen-bond acceptors (Lipinski definition) is 4. The molecule has 0 fully saturated rings. The van der Waals surface area contributed by atoms with Crippen molar-refractivity contribution in [1.29, 1.82) is 0 Å². The van der Waals surface area contributed by atoms with Crippen molar-refractivity contribution in [2.24, 2.45) is 0 Å². The maximum Gasteiger partial charge on any atom is 0.259 e. The summed E-state index contributed by atoms with van der Waals surface area (Å²) in [6.07, 6.45) is 2.02. The number of anilines is 1. The van der Waals surface area contributed by atoms with E-state index in [9.17, 15) is 4.79 Å². The average molecular weight is 357 g/mol. The van der Waals surface area contributed by atoms with Gasteiger partial charge in [-0.05, 0) is 44.5 Å². The maximum absolute atomic E-state index is 12.8. The number of nitrogens with one attached hydrogen (secondary N) is 1. The lowest BCUT2D eigenvalue weighted by Gasteiger charge is -2.15. The molecule has 0 bridgehead atoms. The van der Waals surface area contributed by atoms with Crippen molar-refractivity contribution >= 4 is 11.6 Å². The van der Waals surface area contributed by atoms with Crippen molar-refractivity contribution in [1.82, 2.24) is 0 Å². The summed E-state index contributed by atoms with van der Waals surface area (Å²) in [4.78, 5) is 12.8. The molecule has 0 heterocycles. The Morgan fingerprint density at radius 3 is 2.42 bits per heavy atom. The highest BCUT2D eigenvalue weighted by Gasteiger charge is 2.16. The molecule has 0 unspecified atom stereocenters. The first kappa shape index (κ1) is 19.6. The summed E-state index contributed by atoms with van der Waals surface area (Å²) in [5.41, 5.74) is 1.10. The van der Waals surface area contributed by atoms with Gasteiger partial charge in [0.2, 0.25) is 0 Å². The van der Waals surface area contributed by atoms with Crippen LogP contribution in [0.15, 0.2) is 42.5 Å². The summed E-state index contributed by atoms with van der Waals surface area (Å²) < 4.78 is 16.9. The summed E-state index contributed by atoms with van der Waals surface area (Å²) in [5.74, 6) is 1.59. The highest BCUT2D eigenvalue weighted by Crippen LogP contribution is 2.28. The smallest absolute Gasteiger partial charge is 0.259 e. The molecule has 0 atom stereocenters. The highest BCUT2D eigenvalue weighted by atomic mass is 16.5. The zero-order valence-electron chi connectivity index (χ0n) is 15.7. The number of benzene rings is 2. The zero-order chi connectivity index (χ0) is 18.8. The molecule has 140 valence electrons. The Morgan fingerprint density at radius 2 is 1.69 bits per heavy atom. The van der Waals surface area contributed by atoms with Crippen LogP contribution in [0.5, 0.6) is 17.2 Å². The lowest BCUT2D eigenvalue weighted by Crippen LogP contribution is -2.15. The summed E-state index contributed by atoms with van der Waals surface area (Å²) in [6.45, 7) is 7.54. The van der Waals surface area contributed by atoms with Gasteiger partial charge in [0.25, 0.3) is 5.91 Å². The third-order valence-electron chi connectivity index (χ3n) is 3.70. The van der Waals surface area contributed by atoms with Crippen molar-refractivity contribution in [3.8, 4) is 17.2 Å². The molecule has 2 aromatic carbocycles. The Morgan fingerprint density at radius 1 is 0.923 bits per heavy atom. The van der Waals surface area contributed by atoms with Crippen LogP contribution < -0.4 is 19.5 Å². The van der Waals surface area contributed by atoms with Crippen LogP contribution in [-0.4, -0.2) is 25.7 Å². The van der Waals surface area contributed by atoms with E-state index in [1.54, 1.807) is 18.2 Å². The molecule has 0 saturated carbocycles. The third-order valence-corrected chi connectivity index (χ3v) is 3.70. The molecule has 1 N–H and O–H groups in total. The minimum absolute atomic E-state index is 0.247. The second-order valence-corrected chi connectivity index (χ2v) is 5.68. The van der Waals surface area contributed by atoms with Crippen molar-refractivity contribution in [2.75, 3.05) is 25.1 Å². The Labute approximate surface area is 155 Å². The van der Waals surface area contributed by atoms with Crippen LogP contribution in [0.3, 0.4) is 0 Å². The third kappa shape index (κ3) is 5.41. The second kappa shape index (κ2) is 10.3. The topological polar surface area (TPSA) is 56.8 Å². The molecule has 2 aromatic rings. The number of carbonyl (C=O) groups excluding carboxylic acids is 1. The van der Waals surface area contributed by atoms with Gasteiger partial charge in [-0.2, -0.15) is 0 Å². The van der Waals surface area contributed by atoms with Crippen molar-refractivity contribution in [3.05, 3.63) is 48.0 Å². The Balaban J connectivity index is 2.19. The molecular formula is C21H27NO4. The van der Waals surface area contributed by atoms with Crippen LogP contribution in [-0.2, 0) is 0 Å². The number of ether oxygens (including phenoxy) is 3. The molecular weight excluding hydrogens is 330 g/mol. The molecule has 5 heteroatoms. The highest BCUT2D eigenvalue weighted by molar-refractivity contribution is 6.07. The molecule has 0 aliphatic heterocycles. The van der Waals surface area contributed by atoms with Crippen LogP contribution in [0.25, 0.3) is 0 Å².